The van der Waals surface area contributed by atoms with E-state index in [0.29, 0.717) is 0 Å². The molecule has 2 N–H and O–H groups in total. The predicted molar refractivity (Wildman–Crippen MR) is 49.3 cm³/mol. The zero-order valence-corrected chi connectivity index (χ0v) is 8.39. The lowest BCUT2D eigenvalue weighted by molar-refractivity contribution is 0.0982. The average molecular weight is 237 g/mol. The van der Waals surface area contributed by atoms with Gasteiger partial charge in [0.2, 0.25) is 0 Å². The number of nitrogens with zero attached hydrogens (tertiary/aromatic N) is 1. The summed E-state index contributed by atoms with van der Waals surface area (Å²) in [6.45, 7) is 0. The van der Waals surface area contributed by atoms with Gasteiger partial charge in [-0.1, -0.05) is 11.6 Å². The number of primary amides is 1. The van der Waals surface area contributed by atoms with Crippen molar-refractivity contribution in [1.29, 1.82) is 0 Å². The zero-order chi connectivity index (χ0) is 11.6. The molecule has 1 rings (SSSR count). The Balaban J connectivity index is 3.51. The highest BCUT2D eigenvalue weighted by molar-refractivity contribution is 6.30. The smallest absolute Gasteiger partial charge is 0.267 e. The van der Waals surface area contributed by atoms with Crippen LogP contribution < -0.4 is 10.5 Å². The van der Waals surface area contributed by atoms with Crippen molar-refractivity contribution in [3.63, 3.8) is 0 Å². The van der Waals surface area contributed by atoms with E-state index in [1.807, 2.05) is 0 Å². The van der Waals surface area contributed by atoms with Crippen LogP contribution in [0.3, 0.4) is 0 Å². The molecular weight excluding hydrogens is 230 g/mol. The van der Waals surface area contributed by atoms with E-state index in [9.17, 15) is 13.6 Å². The third kappa shape index (κ3) is 2.15. The van der Waals surface area contributed by atoms with Gasteiger partial charge in [-0.15, -0.1) is 0 Å². The second kappa shape index (κ2) is 4.39. The molecule has 0 saturated carbocycles. The molecule has 7 heteroatoms. The first kappa shape index (κ1) is 11.6. The molecule has 0 fully saturated rings. The molecule has 4 nitrogen and oxygen atoms in total. The number of halogens is 3. The topological polar surface area (TPSA) is 65.2 Å². The monoisotopic (exact) mass is 236 g/mol. The maximum atomic E-state index is 12.6. The van der Waals surface area contributed by atoms with Crippen LogP contribution in [-0.4, -0.2) is 18.0 Å². The van der Waals surface area contributed by atoms with Crippen molar-refractivity contribution < 1.29 is 18.3 Å². The number of hydrogen-bond donors (Lipinski definition) is 1. The number of nitrogens with two attached hydrogens (primary N) is 1. The van der Waals surface area contributed by atoms with Crippen molar-refractivity contribution in [2.45, 2.75) is 6.43 Å². The van der Waals surface area contributed by atoms with E-state index in [2.05, 4.69) is 4.98 Å². The number of ether oxygens (including phenoxy) is 1. The standard InChI is InChI=1S/C8H7ClF2N2O2/c1-15-3-2-13-6(9)5(7(10)11)4(3)8(12)14/h2,7H,1H3,(H2,12,14). The molecule has 15 heavy (non-hydrogen) atoms. The molecule has 0 aliphatic rings. The van der Waals surface area contributed by atoms with Crippen molar-refractivity contribution >= 4 is 17.5 Å². The maximum absolute atomic E-state index is 12.6. The summed E-state index contributed by atoms with van der Waals surface area (Å²) in [5, 5.41) is -0.459. The summed E-state index contributed by atoms with van der Waals surface area (Å²) in [4.78, 5) is 14.4. The van der Waals surface area contributed by atoms with Crippen LogP contribution in [0.25, 0.3) is 0 Å². The van der Waals surface area contributed by atoms with Crippen LogP contribution in [0, 0.1) is 0 Å². The lowest BCUT2D eigenvalue weighted by atomic mass is 10.1. The number of aromatic nitrogens is 1. The van der Waals surface area contributed by atoms with Crippen molar-refractivity contribution in [3.05, 3.63) is 22.5 Å². The number of amides is 1. The lowest BCUT2D eigenvalue weighted by Crippen LogP contribution is -2.16. The SMILES string of the molecule is COc1cnc(Cl)c(C(F)F)c1C(N)=O. The number of hydrogen-bond acceptors (Lipinski definition) is 3. The summed E-state index contributed by atoms with van der Waals surface area (Å²) in [6.07, 6.45) is -1.88. The van der Waals surface area contributed by atoms with Crippen LogP contribution >= 0.6 is 11.6 Å². The first-order chi connectivity index (χ1) is 6.99. The normalized spacial score (nSPS) is 10.5. The Morgan fingerprint density at radius 2 is 2.27 bits per heavy atom. The van der Waals surface area contributed by atoms with Crippen LogP contribution in [0.1, 0.15) is 22.3 Å². The van der Waals surface area contributed by atoms with Gasteiger partial charge in [0.25, 0.3) is 12.3 Å². The van der Waals surface area contributed by atoms with Gasteiger partial charge in [-0.2, -0.15) is 0 Å². The van der Waals surface area contributed by atoms with Gasteiger partial charge in [0.15, 0.2) is 5.75 Å². The number of carbonyl (C=O) groups excluding carboxylic acids is 1. The van der Waals surface area contributed by atoms with E-state index in [1.54, 1.807) is 0 Å². The Morgan fingerprint density at radius 3 is 2.67 bits per heavy atom. The van der Waals surface area contributed by atoms with Crippen molar-refractivity contribution in [2.75, 3.05) is 7.11 Å². The summed E-state index contributed by atoms with van der Waals surface area (Å²) in [5.41, 5.74) is 3.82. The van der Waals surface area contributed by atoms with Gasteiger partial charge in [0.05, 0.1) is 24.4 Å². The summed E-state index contributed by atoms with van der Waals surface area (Å²) in [5.74, 6) is -1.16. The summed E-state index contributed by atoms with van der Waals surface area (Å²) >= 11 is 5.44. The summed E-state index contributed by atoms with van der Waals surface area (Å²) in [7, 11) is 1.21. The van der Waals surface area contributed by atoms with Gasteiger partial charge in [-0.3, -0.25) is 4.79 Å². The Bertz CT molecular complexity index is 398. The van der Waals surface area contributed by atoms with Crippen LogP contribution in [0.5, 0.6) is 5.75 Å². The fourth-order valence-electron chi connectivity index (χ4n) is 1.09. The highest BCUT2D eigenvalue weighted by Gasteiger charge is 2.25. The Hall–Kier alpha value is -1.43. The van der Waals surface area contributed by atoms with E-state index in [-0.39, 0.29) is 5.75 Å². The van der Waals surface area contributed by atoms with Gasteiger partial charge in [0, 0.05) is 0 Å². The third-order valence-corrected chi connectivity index (χ3v) is 2.02. The molecule has 0 aliphatic heterocycles. The van der Waals surface area contributed by atoms with E-state index in [0.717, 1.165) is 6.20 Å². The van der Waals surface area contributed by atoms with Gasteiger partial charge in [-0.25, -0.2) is 13.8 Å². The quantitative estimate of drug-likeness (QED) is 0.814. The van der Waals surface area contributed by atoms with E-state index < -0.39 is 28.6 Å². The van der Waals surface area contributed by atoms with Gasteiger partial charge >= 0.3 is 0 Å². The van der Waals surface area contributed by atoms with E-state index >= 15 is 0 Å². The first-order valence-electron chi connectivity index (χ1n) is 3.79. The fraction of sp³-hybridized carbons (Fsp3) is 0.250. The van der Waals surface area contributed by atoms with Gasteiger partial charge in [0.1, 0.15) is 5.15 Å². The number of pyridine rings is 1. The molecule has 0 aromatic carbocycles. The highest BCUT2D eigenvalue weighted by atomic mass is 35.5. The molecular formula is C8H7ClF2N2O2. The molecule has 0 saturated heterocycles. The minimum absolute atomic E-state index is 0.123. The Morgan fingerprint density at radius 1 is 1.67 bits per heavy atom. The van der Waals surface area contributed by atoms with Crippen LogP contribution in [-0.2, 0) is 0 Å². The molecule has 0 aliphatic carbocycles. The Labute approximate surface area is 89.0 Å². The molecule has 0 radical (unpaired) electrons. The van der Waals surface area contributed by atoms with Crippen LogP contribution in [0.15, 0.2) is 6.20 Å². The fourth-order valence-corrected chi connectivity index (χ4v) is 1.32. The second-order valence-corrected chi connectivity index (χ2v) is 2.93. The van der Waals surface area contributed by atoms with Crippen molar-refractivity contribution in [2.24, 2.45) is 5.73 Å². The molecule has 0 unspecified atom stereocenters. The molecule has 0 bridgehead atoms. The lowest BCUT2D eigenvalue weighted by Gasteiger charge is -2.11. The maximum Gasteiger partial charge on any atom is 0.267 e. The number of methoxy groups -OCH3 is 1. The molecule has 0 atom stereocenters. The largest absolute Gasteiger partial charge is 0.494 e. The Kier molecular flexibility index (Phi) is 3.41. The number of carbonyl (C=O) groups is 1. The van der Waals surface area contributed by atoms with Crippen LogP contribution in [0.4, 0.5) is 8.78 Å². The molecule has 1 amide bonds. The number of alkyl halides is 2. The molecule has 1 heterocycles. The minimum Gasteiger partial charge on any atom is -0.494 e. The summed E-state index contributed by atoms with van der Waals surface area (Å²) in [6, 6.07) is 0. The van der Waals surface area contributed by atoms with Crippen molar-refractivity contribution in [3.8, 4) is 5.75 Å². The predicted octanol–water partition coefficient (Wildman–Crippen LogP) is 1.78. The van der Waals surface area contributed by atoms with Gasteiger partial charge < -0.3 is 10.5 Å². The average Bonchev–Trinajstić information content (AvgIpc) is 2.16. The zero-order valence-electron chi connectivity index (χ0n) is 7.63. The molecule has 82 valence electrons. The first-order valence-corrected chi connectivity index (χ1v) is 4.17. The molecule has 1 aromatic rings. The molecule has 0 spiro atoms. The van der Waals surface area contributed by atoms with E-state index in [4.69, 9.17) is 22.1 Å². The minimum atomic E-state index is -2.94. The van der Waals surface area contributed by atoms with E-state index in [1.165, 1.54) is 7.11 Å². The van der Waals surface area contributed by atoms with Gasteiger partial charge in [-0.05, 0) is 0 Å². The number of rotatable bonds is 3. The van der Waals surface area contributed by atoms with Crippen molar-refractivity contribution in [1.82, 2.24) is 4.98 Å². The second-order valence-electron chi connectivity index (χ2n) is 2.57. The van der Waals surface area contributed by atoms with Crippen LogP contribution in [0.2, 0.25) is 5.15 Å². The molecule has 1 aromatic heterocycles. The highest BCUT2D eigenvalue weighted by Crippen LogP contribution is 2.33. The summed E-state index contributed by atoms with van der Waals surface area (Å²) < 4.78 is 29.9. The third-order valence-electron chi connectivity index (χ3n) is 1.72.